The van der Waals surface area contributed by atoms with Gasteiger partial charge in [0.25, 0.3) is 5.91 Å². The molecule has 1 N–H and O–H groups in total. The zero-order valence-corrected chi connectivity index (χ0v) is 11.5. The first-order valence-corrected chi connectivity index (χ1v) is 6.35. The van der Waals surface area contributed by atoms with Gasteiger partial charge >= 0.3 is 0 Å². The van der Waals surface area contributed by atoms with Gasteiger partial charge in [0, 0.05) is 11.8 Å². The van der Waals surface area contributed by atoms with Crippen LogP contribution < -0.4 is 10.1 Å². The van der Waals surface area contributed by atoms with Crippen LogP contribution in [-0.4, -0.2) is 13.0 Å². The maximum atomic E-state index is 12.1. The minimum absolute atomic E-state index is 0.0454. The molecule has 1 amide bonds. The Labute approximate surface area is 123 Å². The number of amides is 1. The van der Waals surface area contributed by atoms with Crippen molar-refractivity contribution in [1.82, 2.24) is 0 Å². The van der Waals surface area contributed by atoms with E-state index in [0.717, 1.165) is 5.56 Å². The van der Waals surface area contributed by atoms with Gasteiger partial charge in [-0.1, -0.05) is 36.4 Å². The molecule has 0 aliphatic carbocycles. The lowest BCUT2D eigenvalue weighted by Gasteiger charge is -2.06. The van der Waals surface area contributed by atoms with Gasteiger partial charge in [-0.05, 0) is 23.8 Å². The molecule has 0 spiro atoms. The summed E-state index contributed by atoms with van der Waals surface area (Å²) < 4.78 is 5.09. The lowest BCUT2D eigenvalue weighted by atomic mass is 10.1. The second kappa shape index (κ2) is 6.92. The normalized spacial score (nSPS) is 10.6. The summed E-state index contributed by atoms with van der Waals surface area (Å²) in [6, 6.07) is 18.1. The number of nitriles is 1. The minimum Gasteiger partial charge on any atom is -0.497 e. The SMILES string of the molecule is COc1cccc(NC(=O)/C(C#N)=C/c2ccccc2)c1. The van der Waals surface area contributed by atoms with E-state index in [0.29, 0.717) is 11.4 Å². The van der Waals surface area contributed by atoms with Crippen LogP contribution in [0.5, 0.6) is 5.75 Å². The standard InChI is InChI=1S/C17H14N2O2/c1-21-16-9-5-8-15(11-16)19-17(20)14(12-18)10-13-6-3-2-4-7-13/h2-11H,1H3,(H,19,20)/b14-10+. The van der Waals surface area contributed by atoms with E-state index in [1.165, 1.54) is 0 Å². The smallest absolute Gasteiger partial charge is 0.266 e. The van der Waals surface area contributed by atoms with Crippen LogP contribution in [0.1, 0.15) is 5.56 Å². The monoisotopic (exact) mass is 278 g/mol. The van der Waals surface area contributed by atoms with Crippen LogP contribution in [0.4, 0.5) is 5.69 Å². The van der Waals surface area contributed by atoms with E-state index in [9.17, 15) is 4.79 Å². The van der Waals surface area contributed by atoms with Gasteiger partial charge in [-0.2, -0.15) is 5.26 Å². The van der Waals surface area contributed by atoms with E-state index in [2.05, 4.69) is 5.32 Å². The number of rotatable bonds is 4. The predicted octanol–water partition coefficient (Wildman–Crippen LogP) is 3.24. The van der Waals surface area contributed by atoms with Gasteiger partial charge in [-0.25, -0.2) is 0 Å². The number of nitrogens with zero attached hydrogens (tertiary/aromatic N) is 1. The molecule has 0 radical (unpaired) electrons. The summed E-state index contributed by atoms with van der Waals surface area (Å²) >= 11 is 0. The highest BCUT2D eigenvalue weighted by atomic mass is 16.5. The molecule has 21 heavy (non-hydrogen) atoms. The molecule has 0 heterocycles. The summed E-state index contributed by atoms with van der Waals surface area (Å²) in [5.74, 6) is 0.188. The molecule has 4 heteroatoms. The van der Waals surface area contributed by atoms with Gasteiger partial charge in [0.15, 0.2) is 0 Å². The molecule has 0 aliphatic rings. The van der Waals surface area contributed by atoms with Crippen molar-refractivity contribution >= 4 is 17.7 Å². The predicted molar refractivity (Wildman–Crippen MR) is 81.7 cm³/mol. The number of carbonyl (C=O) groups excluding carboxylic acids is 1. The molecule has 2 rings (SSSR count). The van der Waals surface area contributed by atoms with Gasteiger partial charge in [0.1, 0.15) is 17.4 Å². The lowest BCUT2D eigenvalue weighted by molar-refractivity contribution is -0.112. The average molecular weight is 278 g/mol. The van der Waals surface area contributed by atoms with E-state index in [1.54, 1.807) is 37.5 Å². The lowest BCUT2D eigenvalue weighted by Crippen LogP contribution is -2.13. The fraction of sp³-hybridized carbons (Fsp3) is 0.0588. The minimum atomic E-state index is -0.449. The van der Waals surface area contributed by atoms with Crippen LogP contribution in [0, 0.1) is 11.3 Å². The second-order valence-electron chi connectivity index (χ2n) is 4.27. The van der Waals surface area contributed by atoms with Crippen molar-refractivity contribution in [2.75, 3.05) is 12.4 Å². The Kier molecular flexibility index (Phi) is 4.73. The Balaban J connectivity index is 2.18. The zero-order valence-electron chi connectivity index (χ0n) is 11.5. The van der Waals surface area contributed by atoms with Crippen LogP contribution in [0.3, 0.4) is 0 Å². The molecule has 0 fully saturated rings. The molecule has 0 bridgehead atoms. The molecule has 0 atom stereocenters. The van der Waals surface area contributed by atoms with Crippen molar-refractivity contribution in [3.63, 3.8) is 0 Å². The third-order valence-corrected chi connectivity index (χ3v) is 2.80. The molecule has 104 valence electrons. The Morgan fingerprint density at radius 1 is 1.19 bits per heavy atom. The third-order valence-electron chi connectivity index (χ3n) is 2.80. The van der Waals surface area contributed by atoms with Crippen molar-refractivity contribution in [3.8, 4) is 11.8 Å². The number of carbonyl (C=O) groups is 1. The number of ether oxygens (including phenoxy) is 1. The molecule has 2 aromatic rings. The van der Waals surface area contributed by atoms with Gasteiger partial charge in [0.05, 0.1) is 7.11 Å². The summed E-state index contributed by atoms with van der Waals surface area (Å²) in [5, 5.41) is 11.8. The van der Waals surface area contributed by atoms with Crippen molar-refractivity contribution in [3.05, 3.63) is 65.7 Å². The summed E-state index contributed by atoms with van der Waals surface area (Å²) in [6.45, 7) is 0. The van der Waals surface area contributed by atoms with E-state index in [4.69, 9.17) is 10.00 Å². The molecule has 0 saturated heterocycles. The second-order valence-corrected chi connectivity index (χ2v) is 4.27. The highest BCUT2D eigenvalue weighted by Gasteiger charge is 2.09. The molecular formula is C17H14N2O2. The number of hydrogen-bond donors (Lipinski definition) is 1. The Morgan fingerprint density at radius 3 is 2.62 bits per heavy atom. The molecule has 0 saturated carbocycles. The summed E-state index contributed by atoms with van der Waals surface area (Å²) in [7, 11) is 1.55. The van der Waals surface area contributed by atoms with Crippen LogP contribution in [0.25, 0.3) is 6.08 Å². The largest absolute Gasteiger partial charge is 0.497 e. The Bertz CT molecular complexity index is 700. The van der Waals surface area contributed by atoms with E-state index < -0.39 is 5.91 Å². The third kappa shape index (κ3) is 3.95. The number of anilines is 1. The number of benzene rings is 2. The fourth-order valence-corrected chi connectivity index (χ4v) is 1.76. The quantitative estimate of drug-likeness (QED) is 0.689. The van der Waals surface area contributed by atoms with Gasteiger partial charge in [-0.3, -0.25) is 4.79 Å². The van der Waals surface area contributed by atoms with E-state index >= 15 is 0 Å². The highest BCUT2D eigenvalue weighted by molar-refractivity contribution is 6.09. The summed E-state index contributed by atoms with van der Waals surface area (Å²) in [4.78, 5) is 12.1. The summed E-state index contributed by atoms with van der Waals surface area (Å²) in [6.07, 6.45) is 1.55. The number of hydrogen-bond acceptors (Lipinski definition) is 3. The van der Waals surface area contributed by atoms with Gasteiger partial charge in [-0.15, -0.1) is 0 Å². The fourth-order valence-electron chi connectivity index (χ4n) is 1.76. The first kappa shape index (κ1) is 14.4. The molecule has 0 unspecified atom stereocenters. The van der Waals surface area contributed by atoms with Crippen molar-refractivity contribution in [1.29, 1.82) is 5.26 Å². The van der Waals surface area contributed by atoms with Crippen LogP contribution in [0.15, 0.2) is 60.2 Å². The topological polar surface area (TPSA) is 62.1 Å². The van der Waals surface area contributed by atoms with Gasteiger partial charge < -0.3 is 10.1 Å². The van der Waals surface area contributed by atoms with E-state index in [1.807, 2.05) is 36.4 Å². The molecule has 0 aromatic heterocycles. The van der Waals surface area contributed by atoms with E-state index in [-0.39, 0.29) is 5.57 Å². The van der Waals surface area contributed by atoms with Crippen LogP contribution in [-0.2, 0) is 4.79 Å². The molecule has 4 nitrogen and oxygen atoms in total. The Morgan fingerprint density at radius 2 is 1.95 bits per heavy atom. The number of methoxy groups -OCH3 is 1. The first-order valence-electron chi connectivity index (χ1n) is 6.35. The van der Waals surface area contributed by atoms with Gasteiger partial charge in [0.2, 0.25) is 0 Å². The molecule has 0 aliphatic heterocycles. The van der Waals surface area contributed by atoms with Crippen molar-refractivity contribution < 1.29 is 9.53 Å². The van der Waals surface area contributed by atoms with Crippen LogP contribution >= 0.6 is 0 Å². The first-order chi connectivity index (χ1) is 10.2. The van der Waals surface area contributed by atoms with Crippen molar-refractivity contribution in [2.45, 2.75) is 0 Å². The maximum Gasteiger partial charge on any atom is 0.266 e. The zero-order chi connectivity index (χ0) is 15.1. The highest BCUT2D eigenvalue weighted by Crippen LogP contribution is 2.17. The average Bonchev–Trinajstić information content (AvgIpc) is 2.53. The number of nitrogens with one attached hydrogen (secondary N) is 1. The molecule has 2 aromatic carbocycles. The molecular weight excluding hydrogens is 264 g/mol. The maximum absolute atomic E-state index is 12.1. The Hall–Kier alpha value is -3.06. The summed E-state index contributed by atoms with van der Waals surface area (Å²) in [5.41, 5.74) is 1.42. The van der Waals surface area contributed by atoms with Crippen LogP contribution in [0.2, 0.25) is 0 Å². The van der Waals surface area contributed by atoms with Crippen molar-refractivity contribution in [2.24, 2.45) is 0 Å².